The number of fused-ring (bicyclic) bond motifs is 2. The minimum Gasteiger partial charge on any atom is -0.379 e. The summed E-state index contributed by atoms with van der Waals surface area (Å²) < 4.78 is 0. The Hall–Kier alpha value is -2.90. The van der Waals surface area contributed by atoms with Crippen LogP contribution in [0.3, 0.4) is 0 Å². The molecule has 0 amide bonds. The van der Waals surface area contributed by atoms with E-state index in [1.807, 2.05) is 0 Å². The van der Waals surface area contributed by atoms with E-state index in [0.29, 0.717) is 12.1 Å². The minimum atomic E-state index is 0.584. The number of pyridine rings is 1. The van der Waals surface area contributed by atoms with Gasteiger partial charge < -0.3 is 10.6 Å². The van der Waals surface area contributed by atoms with Gasteiger partial charge in [-0.15, -0.1) is 0 Å². The Morgan fingerprint density at radius 1 is 1.16 bits per heavy atom. The van der Waals surface area contributed by atoms with Gasteiger partial charge in [0.2, 0.25) is 0 Å². The molecule has 3 aromatic rings. The van der Waals surface area contributed by atoms with Gasteiger partial charge in [-0.1, -0.05) is 29.8 Å². The predicted molar refractivity (Wildman–Crippen MR) is 100 cm³/mol. The van der Waals surface area contributed by atoms with Gasteiger partial charge in [0.25, 0.3) is 0 Å². The van der Waals surface area contributed by atoms with E-state index >= 15 is 0 Å². The van der Waals surface area contributed by atoms with Gasteiger partial charge in [0.15, 0.2) is 0 Å². The lowest BCUT2D eigenvalue weighted by Gasteiger charge is -2.14. The highest BCUT2D eigenvalue weighted by Crippen LogP contribution is 2.29. The predicted octanol–water partition coefficient (Wildman–Crippen LogP) is 3.94. The van der Waals surface area contributed by atoms with Crippen LogP contribution in [0.2, 0.25) is 0 Å². The largest absolute Gasteiger partial charge is 0.379 e. The molecule has 0 saturated carbocycles. The average Bonchev–Trinajstić information content (AvgIpc) is 3.07. The molecule has 0 unspecified atom stereocenters. The lowest BCUT2D eigenvalue weighted by Crippen LogP contribution is -2.04. The van der Waals surface area contributed by atoms with Crippen molar-refractivity contribution in [3.05, 3.63) is 69.9 Å². The van der Waals surface area contributed by atoms with Crippen LogP contribution in [0, 0.1) is 25.2 Å². The summed E-state index contributed by atoms with van der Waals surface area (Å²) in [6, 6.07) is 13.1. The zero-order valence-electron chi connectivity index (χ0n) is 14.5. The van der Waals surface area contributed by atoms with Gasteiger partial charge in [-0.25, -0.2) is 0 Å². The first-order chi connectivity index (χ1) is 12.2. The Labute approximate surface area is 147 Å². The van der Waals surface area contributed by atoms with Crippen LogP contribution in [-0.2, 0) is 19.6 Å². The highest BCUT2D eigenvalue weighted by molar-refractivity contribution is 5.96. The van der Waals surface area contributed by atoms with E-state index in [-0.39, 0.29) is 0 Å². The SMILES string of the molecule is Cc1cc(C)c2ncc(C#N)c(NCc3ccc4c(c3)CNC4)c2c1. The Kier molecular flexibility index (Phi) is 3.87. The first-order valence-electron chi connectivity index (χ1n) is 8.51. The lowest BCUT2D eigenvalue weighted by molar-refractivity contribution is 0.764. The van der Waals surface area contributed by atoms with Gasteiger partial charge in [0, 0.05) is 31.2 Å². The van der Waals surface area contributed by atoms with Gasteiger partial charge >= 0.3 is 0 Å². The maximum Gasteiger partial charge on any atom is 0.103 e. The first-order valence-corrected chi connectivity index (χ1v) is 8.51. The molecule has 0 saturated heterocycles. The summed E-state index contributed by atoms with van der Waals surface area (Å²) in [4.78, 5) is 4.48. The van der Waals surface area contributed by atoms with Crippen LogP contribution < -0.4 is 10.6 Å². The van der Waals surface area contributed by atoms with E-state index in [1.165, 1.54) is 22.3 Å². The fourth-order valence-electron chi connectivity index (χ4n) is 3.58. The number of nitrogens with zero attached hydrogens (tertiary/aromatic N) is 2. The van der Waals surface area contributed by atoms with Crippen molar-refractivity contribution in [2.24, 2.45) is 0 Å². The molecule has 25 heavy (non-hydrogen) atoms. The molecule has 2 heterocycles. The summed E-state index contributed by atoms with van der Waals surface area (Å²) in [5, 5.41) is 17.4. The van der Waals surface area contributed by atoms with E-state index in [2.05, 4.69) is 65.9 Å². The number of hydrogen-bond donors (Lipinski definition) is 2. The van der Waals surface area contributed by atoms with Gasteiger partial charge in [0.05, 0.1) is 16.8 Å². The standard InChI is InChI=1S/C21H20N4/c1-13-5-14(2)20-19(6-13)21(18(8-22)12-25-20)24-9-15-3-4-16-10-23-11-17(16)7-15/h3-7,12,23H,9-11H2,1-2H3,(H,24,25). The summed E-state index contributed by atoms with van der Waals surface area (Å²) in [5.74, 6) is 0. The third kappa shape index (κ3) is 2.84. The molecule has 0 spiro atoms. The van der Waals surface area contributed by atoms with E-state index in [9.17, 15) is 5.26 Å². The fourth-order valence-corrected chi connectivity index (χ4v) is 3.58. The average molecular weight is 328 g/mol. The van der Waals surface area contributed by atoms with Crippen LogP contribution >= 0.6 is 0 Å². The van der Waals surface area contributed by atoms with Crippen molar-refractivity contribution in [2.45, 2.75) is 33.5 Å². The van der Waals surface area contributed by atoms with Crippen molar-refractivity contribution < 1.29 is 0 Å². The van der Waals surface area contributed by atoms with E-state index in [4.69, 9.17) is 0 Å². The van der Waals surface area contributed by atoms with Crippen molar-refractivity contribution in [1.82, 2.24) is 10.3 Å². The van der Waals surface area contributed by atoms with Crippen molar-refractivity contribution in [3.8, 4) is 6.07 Å². The summed E-state index contributed by atoms with van der Waals surface area (Å²) >= 11 is 0. The quantitative estimate of drug-likeness (QED) is 0.764. The topological polar surface area (TPSA) is 60.7 Å². The summed E-state index contributed by atoms with van der Waals surface area (Å²) in [5.41, 5.74) is 8.68. The maximum atomic E-state index is 9.50. The molecule has 1 aliphatic rings. The number of rotatable bonds is 3. The van der Waals surface area contributed by atoms with E-state index in [1.54, 1.807) is 6.20 Å². The second kappa shape index (κ2) is 6.19. The summed E-state index contributed by atoms with van der Waals surface area (Å²) in [6.07, 6.45) is 1.67. The molecular weight excluding hydrogens is 308 g/mol. The monoisotopic (exact) mass is 328 g/mol. The molecule has 4 heteroatoms. The van der Waals surface area contributed by atoms with Gasteiger partial charge in [-0.3, -0.25) is 4.98 Å². The highest BCUT2D eigenvalue weighted by atomic mass is 14.9. The van der Waals surface area contributed by atoms with Crippen LogP contribution in [0.4, 0.5) is 5.69 Å². The molecular formula is C21H20N4. The third-order valence-electron chi connectivity index (χ3n) is 4.80. The Balaban J connectivity index is 1.72. The number of benzene rings is 2. The Bertz CT molecular complexity index is 1010. The molecule has 0 bridgehead atoms. The highest BCUT2D eigenvalue weighted by Gasteiger charge is 2.13. The summed E-state index contributed by atoms with van der Waals surface area (Å²) in [6.45, 7) is 6.71. The zero-order chi connectivity index (χ0) is 17.4. The number of aromatic nitrogens is 1. The molecule has 0 fully saturated rings. The minimum absolute atomic E-state index is 0.584. The zero-order valence-corrected chi connectivity index (χ0v) is 14.5. The number of anilines is 1. The van der Waals surface area contributed by atoms with Crippen LogP contribution in [0.1, 0.15) is 33.4 Å². The van der Waals surface area contributed by atoms with Crippen molar-refractivity contribution in [2.75, 3.05) is 5.32 Å². The molecule has 2 N–H and O–H groups in total. The second-order valence-electron chi connectivity index (χ2n) is 6.70. The van der Waals surface area contributed by atoms with Crippen LogP contribution in [0.5, 0.6) is 0 Å². The molecule has 1 aromatic heterocycles. The molecule has 124 valence electrons. The van der Waals surface area contributed by atoms with Crippen LogP contribution in [0.25, 0.3) is 10.9 Å². The number of hydrogen-bond acceptors (Lipinski definition) is 4. The van der Waals surface area contributed by atoms with Gasteiger partial charge in [-0.2, -0.15) is 5.26 Å². The number of aryl methyl sites for hydroxylation is 2. The van der Waals surface area contributed by atoms with E-state index < -0.39 is 0 Å². The first kappa shape index (κ1) is 15.6. The normalized spacial score (nSPS) is 12.8. The number of nitriles is 1. The second-order valence-corrected chi connectivity index (χ2v) is 6.70. The fraction of sp³-hybridized carbons (Fsp3) is 0.238. The Morgan fingerprint density at radius 3 is 2.84 bits per heavy atom. The van der Waals surface area contributed by atoms with Gasteiger partial charge in [0.1, 0.15) is 6.07 Å². The van der Waals surface area contributed by atoms with Crippen LogP contribution in [-0.4, -0.2) is 4.98 Å². The van der Waals surface area contributed by atoms with Gasteiger partial charge in [-0.05, 0) is 42.2 Å². The van der Waals surface area contributed by atoms with Crippen molar-refractivity contribution in [1.29, 1.82) is 5.26 Å². The van der Waals surface area contributed by atoms with Crippen molar-refractivity contribution >= 4 is 16.6 Å². The molecule has 0 radical (unpaired) electrons. The van der Waals surface area contributed by atoms with E-state index in [0.717, 1.165) is 35.2 Å². The smallest absolute Gasteiger partial charge is 0.103 e. The Morgan fingerprint density at radius 2 is 2.00 bits per heavy atom. The summed E-state index contributed by atoms with van der Waals surface area (Å²) in [7, 11) is 0. The lowest BCUT2D eigenvalue weighted by atomic mass is 10.0. The number of nitrogens with one attached hydrogen (secondary N) is 2. The van der Waals surface area contributed by atoms with Crippen LogP contribution in [0.15, 0.2) is 36.5 Å². The molecule has 4 nitrogen and oxygen atoms in total. The third-order valence-corrected chi connectivity index (χ3v) is 4.80. The maximum absolute atomic E-state index is 9.50. The molecule has 4 rings (SSSR count). The molecule has 1 aliphatic heterocycles. The van der Waals surface area contributed by atoms with Crippen molar-refractivity contribution in [3.63, 3.8) is 0 Å². The molecule has 2 aromatic carbocycles. The molecule has 0 atom stereocenters. The molecule has 0 aliphatic carbocycles.